The quantitative estimate of drug-likeness (QED) is 0.176. The summed E-state index contributed by atoms with van der Waals surface area (Å²) in [5, 5.41) is 5.90. The van der Waals surface area contributed by atoms with E-state index in [0.717, 1.165) is 39.6 Å². The average molecular weight is 561 g/mol. The molecule has 2 heterocycles. The molecule has 3 aromatic carbocycles. The topological polar surface area (TPSA) is 89.1 Å². The lowest BCUT2D eigenvalue weighted by molar-refractivity contribution is -0.115. The Bertz CT molecular complexity index is 1480. The SMILES string of the molecule is COc1ccc(-c2nc(SCCC(=O)Nc3nc(-c4ccc(F)cc4)cs3)[nH]c2-c2ccc(OC)cc2)cc1. The number of benzene rings is 3. The van der Waals surface area contributed by atoms with Crippen LogP contribution in [-0.4, -0.2) is 40.8 Å². The number of rotatable bonds is 10. The van der Waals surface area contributed by atoms with Crippen molar-refractivity contribution in [3.63, 3.8) is 0 Å². The smallest absolute Gasteiger partial charge is 0.226 e. The van der Waals surface area contributed by atoms with Gasteiger partial charge >= 0.3 is 0 Å². The highest BCUT2D eigenvalue weighted by Crippen LogP contribution is 2.34. The van der Waals surface area contributed by atoms with Gasteiger partial charge in [0.2, 0.25) is 5.91 Å². The minimum Gasteiger partial charge on any atom is -0.497 e. The van der Waals surface area contributed by atoms with Crippen LogP contribution in [0.2, 0.25) is 0 Å². The van der Waals surface area contributed by atoms with Gasteiger partial charge in [0.25, 0.3) is 0 Å². The van der Waals surface area contributed by atoms with Crippen molar-refractivity contribution in [2.24, 2.45) is 0 Å². The van der Waals surface area contributed by atoms with Crippen molar-refractivity contribution in [3.05, 3.63) is 84.0 Å². The van der Waals surface area contributed by atoms with Crippen LogP contribution in [0.1, 0.15) is 6.42 Å². The lowest BCUT2D eigenvalue weighted by Crippen LogP contribution is -2.12. The number of anilines is 1. The molecule has 0 fully saturated rings. The van der Waals surface area contributed by atoms with Gasteiger partial charge in [-0.25, -0.2) is 14.4 Å². The van der Waals surface area contributed by atoms with Gasteiger partial charge in [-0.15, -0.1) is 11.3 Å². The number of nitrogens with one attached hydrogen (secondary N) is 2. The van der Waals surface area contributed by atoms with E-state index < -0.39 is 0 Å². The van der Waals surface area contributed by atoms with Crippen LogP contribution >= 0.6 is 23.1 Å². The molecule has 0 unspecified atom stereocenters. The molecule has 0 aliphatic rings. The fourth-order valence-corrected chi connectivity index (χ4v) is 5.40. The van der Waals surface area contributed by atoms with Crippen molar-refractivity contribution < 1.29 is 18.7 Å². The van der Waals surface area contributed by atoms with Gasteiger partial charge in [0.1, 0.15) is 17.3 Å². The number of carbonyl (C=O) groups is 1. The van der Waals surface area contributed by atoms with Gasteiger partial charge in [0.05, 0.1) is 31.3 Å². The maximum Gasteiger partial charge on any atom is 0.226 e. The lowest BCUT2D eigenvalue weighted by Gasteiger charge is -2.06. The van der Waals surface area contributed by atoms with Crippen LogP contribution in [0.25, 0.3) is 33.8 Å². The summed E-state index contributed by atoms with van der Waals surface area (Å²) < 4.78 is 23.8. The van der Waals surface area contributed by atoms with Gasteiger partial charge in [0.15, 0.2) is 10.3 Å². The number of halogens is 1. The number of methoxy groups -OCH3 is 2. The van der Waals surface area contributed by atoms with Crippen LogP contribution in [-0.2, 0) is 4.79 Å². The summed E-state index contributed by atoms with van der Waals surface area (Å²) in [6, 6.07) is 21.6. The molecule has 5 rings (SSSR count). The number of carbonyl (C=O) groups excluding carboxylic acids is 1. The van der Waals surface area contributed by atoms with Gasteiger partial charge in [0, 0.05) is 34.2 Å². The summed E-state index contributed by atoms with van der Waals surface area (Å²) in [6.07, 6.45) is 0.284. The molecule has 0 atom stereocenters. The van der Waals surface area contributed by atoms with Gasteiger partial charge in [-0.2, -0.15) is 0 Å². The van der Waals surface area contributed by atoms with E-state index in [0.29, 0.717) is 21.7 Å². The first-order valence-corrected chi connectivity index (χ1v) is 13.9. The van der Waals surface area contributed by atoms with Crippen LogP contribution in [0.4, 0.5) is 9.52 Å². The molecule has 7 nitrogen and oxygen atoms in total. The van der Waals surface area contributed by atoms with Crippen molar-refractivity contribution in [1.29, 1.82) is 0 Å². The molecule has 198 valence electrons. The standard InChI is InChI=1S/C29H25FN4O3S2/c1-36-22-11-5-19(6-12-22)26-27(20-7-13-23(37-2)14-8-20)34-29(33-26)38-16-15-25(35)32-28-31-24(17-39-28)18-3-9-21(30)10-4-18/h3-14,17H,15-16H2,1-2H3,(H,33,34)(H,31,32,35). The summed E-state index contributed by atoms with van der Waals surface area (Å²) in [5.41, 5.74) is 5.10. The van der Waals surface area contributed by atoms with Crippen molar-refractivity contribution in [1.82, 2.24) is 15.0 Å². The number of hydrogen-bond donors (Lipinski definition) is 2. The summed E-state index contributed by atoms with van der Waals surface area (Å²) in [6.45, 7) is 0. The fourth-order valence-electron chi connectivity index (χ4n) is 3.85. The Morgan fingerprint density at radius 3 is 2.15 bits per heavy atom. The number of imidazole rings is 1. The van der Waals surface area contributed by atoms with E-state index in [4.69, 9.17) is 14.5 Å². The highest BCUT2D eigenvalue weighted by molar-refractivity contribution is 7.99. The number of ether oxygens (including phenoxy) is 2. The second-order valence-corrected chi connectivity index (χ2v) is 10.4. The van der Waals surface area contributed by atoms with Gasteiger partial charge in [-0.1, -0.05) is 11.8 Å². The number of thiazole rings is 1. The third-order valence-corrected chi connectivity index (χ3v) is 7.52. The maximum atomic E-state index is 13.2. The molecular weight excluding hydrogens is 535 g/mol. The maximum absolute atomic E-state index is 13.2. The first-order chi connectivity index (χ1) is 19.0. The van der Waals surface area contributed by atoms with Crippen molar-refractivity contribution in [2.75, 3.05) is 25.3 Å². The highest BCUT2D eigenvalue weighted by atomic mass is 32.2. The summed E-state index contributed by atoms with van der Waals surface area (Å²) in [4.78, 5) is 25.3. The third-order valence-electron chi connectivity index (χ3n) is 5.88. The Morgan fingerprint density at radius 1 is 0.897 bits per heavy atom. The van der Waals surface area contributed by atoms with Crippen molar-refractivity contribution in [3.8, 4) is 45.3 Å². The molecule has 0 saturated heterocycles. The average Bonchev–Trinajstić information content (AvgIpc) is 3.61. The Balaban J connectivity index is 1.25. The molecule has 0 radical (unpaired) electrons. The Morgan fingerprint density at radius 2 is 1.51 bits per heavy atom. The predicted octanol–water partition coefficient (Wildman–Crippen LogP) is 7.14. The molecule has 0 spiro atoms. The van der Waals surface area contributed by atoms with Crippen molar-refractivity contribution in [2.45, 2.75) is 11.6 Å². The zero-order valence-corrected chi connectivity index (χ0v) is 22.9. The van der Waals surface area contributed by atoms with E-state index in [-0.39, 0.29) is 18.1 Å². The van der Waals surface area contributed by atoms with E-state index in [1.807, 2.05) is 53.9 Å². The Kier molecular flexibility index (Phi) is 8.24. The van der Waals surface area contributed by atoms with E-state index in [9.17, 15) is 9.18 Å². The second-order valence-electron chi connectivity index (χ2n) is 8.41. The number of aromatic amines is 1. The zero-order chi connectivity index (χ0) is 27.2. The number of hydrogen-bond acceptors (Lipinski definition) is 7. The molecule has 10 heteroatoms. The van der Waals surface area contributed by atoms with Gasteiger partial charge in [-0.3, -0.25) is 4.79 Å². The molecule has 0 aliphatic carbocycles. The van der Waals surface area contributed by atoms with Crippen molar-refractivity contribution >= 4 is 34.1 Å². The minimum absolute atomic E-state index is 0.139. The number of amides is 1. The molecule has 2 N–H and O–H groups in total. The highest BCUT2D eigenvalue weighted by Gasteiger charge is 2.16. The third kappa shape index (κ3) is 6.47. The molecule has 2 aromatic heterocycles. The monoisotopic (exact) mass is 560 g/mol. The summed E-state index contributed by atoms with van der Waals surface area (Å²) >= 11 is 2.81. The largest absolute Gasteiger partial charge is 0.497 e. The van der Waals surface area contributed by atoms with Crippen LogP contribution in [0, 0.1) is 5.82 Å². The number of nitrogens with zero attached hydrogens (tertiary/aromatic N) is 2. The Labute approximate surface area is 233 Å². The van der Waals surface area contributed by atoms with Gasteiger partial charge in [-0.05, 0) is 72.8 Å². The van der Waals surface area contributed by atoms with Crippen LogP contribution in [0.15, 0.2) is 83.3 Å². The zero-order valence-electron chi connectivity index (χ0n) is 21.2. The number of thioether (sulfide) groups is 1. The normalized spacial score (nSPS) is 10.8. The molecule has 0 saturated carbocycles. The van der Waals surface area contributed by atoms with Crippen LogP contribution < -0.4 is 14.8 Å². The number of H-pyrrole nitrogens is 1. The number of aromatic nitrogens is 3. The van der Waals surface area contributed by atoms with Crippen LogP contribution in [0.5, 0.6) is 11.5 Å². The van der Waals surface area contributed by atoms with E-state index in [2.05, 4.69) is 15.3 Å². The molecule has 0 aliphatic heterocycles. The molecule has 0 bridgehead atoms. The summed E-state index contributed by atoms with van der Waals surface area (Å²) in [7, 11) is 3.27. The molecule has 39 heavy (non-hydrogen) atoms. The second kappa shape index (κ2) is 12.1. The first-order valence-electron chi connectivity index (χ1n) is 12.1. The predicted molar refractivity (Wildman–Crippen MR) is 154 cm³/mol. The fraction of sp³-hybridized carbons (Fsp3) is 0.138. The van der Waals surface area contributed by atoms with Gasteiger partial charge < -0.3 is 19.8 Å². The van der Waals surface area contributed by atoms with Crippen LogP contribution in [0.3, 0.4) is 0 Å². The Hall–Kier alpha value is -4.15. The van der Waals surface area contributed by atoms with E-state index in [1.165, 1.54) is 35.2 Å². The molecule has 1 amide bonds. The molecular formula is C29H25FN4O3S2. The lowest BCUT2D eigenvalue weighted by atomic mass is 10.0. The van der Waals surface area contributed by atoms with E-state index in [1.54, 1.807) is 26.4 Å². The first kappa shape index (κ1) is 26.5. The minimum atomic E-state index is -0.302. The summed E-state index contributed by atoms with van der Waals surface area (Å²) in [5.74, 6) is 1.63. The van der Waals surface area contributed by atoms with E-state index >= 15 is 0 Å². The molecule has 5 aromatic rings.